The van der Waals surface area contributed by atoms with E-state index in [0.717, 1.165) is 36.8 Å². The normalized spacial score (nSPS) is 11.1. The minimum absolute atomic E-state index is 0.867. The van der Waals surface area contributed by atoms with Gasteiger partial charge in [0.15, 0.2) is 0 Å². The summed E-state index contributed by atoms with van der Waals surface area (Å²) in [6.45, 7) is 7.04. The van der Waals surface area contributed by atoms with Crippen LogP contribution in [-0.4, -0.2) is 16.3 Å². The molecule has 2 rings (SSSR count). The molecule has 19 heavy (non-hydrogen) atoms. The predicted octanol–water partition coefficient (Wildman–Crippen LogP) is 3.51. The predicted molar refractivity (Wildman–Crippen MR) is 82.0 cm³/mol. The van der Waals surface area contributed by atoms with E-state index in [1.54, 1.807) is 11.3 Å². The largest absolute Gasteiger partial charge is 0.311 e. The summed E-state index contributed by atoms with van der Waals surface area (Å²) in [6, 6.07) is 6.25. The van der Waals surface area contributed by atoms with Crippen LogP contribution in [0, 0.1) is 0 Å². The topological polar surface area (TPSA) is 29.9 Å². The van der Waals surface area contributed by atoms with Crippen LogP contribution < -0.4 is 5.32 Å². The van der Waals surface area contributed by atoms with Crippen LogP contribution in [0.25, 0.3) is 0 Å². The van der Waals surface area contributed by atoms with Gasteiger partial charge in [-0.2, -0.15) is 5.10 Å². The first kappa shape index (κ1) is 14.6. The van der Waals surface area contributed by atoms with Crippen molar-refractivity contribution in [2.75, 3.05) is 6.54 Å². The van der Waals surface area contributed by atoms with Crippen molar-refractivity contribution in [3.05, 3.63) is 38.8 Å². The lowest BCUT2D eigenvalue weighted by atomic mass is 10.3. The third kappa shape index (κ3) is 4.06. The molecule has 3 nitrogen and oxygen atoms in total. The molecule has 0 unspecified atom stereocenters. The van der Waals surface area contributed by atoms with E-state index in [2.05, 4.69) is 41.1 Å². The molecule has 5 heteroatoms. The third-order valence-electron chi connectivity index (χ3n) is 3.06. The molecule has 104 valence electrons. The van der Waals surface area contributed by atoms with Crippen molar-refractivity contribution < 1.29 is 0 Å². The Morgan fingerprint density at radius 2 is 2.21 bits per heavy atom. The van der Waals surface area contributed by atoms with E-state index in [1.165, 1.54) is 16.3 Å². The number of nitrogens with one attached hydrogen (secondary N) is 1. The van der Waals surface area contributed by atoms with Crippen LogP contribution in [0.5, 0.6) is 0 Å². The van der Waals surface area contributed by atoms with Crippen molar-refractivity contribution in [2.45, 2.75) is 39.8 Å². The van der Waals surface area contributed by atoms with E-state index in [4.69, 9.17) is 11.6 Å². The molecule has 0 spiro atoms. The molecule has 0 fully saturated rings. The third-order valence-corrected chi connectivity index (χ3v) is 4.35. The zero-order valence-corrected chi connectivity index (χ0v) is 13.0. The van der Waals surface area contributed by atoms with Gasteiger partial charge in [0.05, 0.1) is 15.7 Å². The fraction of sp³-hybridized carbons (Fsp3) is 0.500. The van der Waals surface area contributed by atoms with Crippen LogP contribution in [0.2, 0.25) is 4.34 Å². The molecule has 0 aliphatic rings. The van der Waals surface area contributed by atoms with Gasteiger partial charge in [-0.15, -0.1) is 11.3 Å². The first-order chi connectivity index (χ1) is 9.22. The minimum Gasteiger partial charge on any atom is -0.311 e. The molecule has 0 bridgehead atoms. The zero-order valence-electron chi connectivity index (χ0n) is 11.4. The van der Waals surface area contributed by atoms with Gasteiger partial charge < -0.3 is 5.32 Å². The van der Waals surface area contributed by atoms with E-state index in [-0.39, 0.29) is 0 Å². The Morgan fingerprint density at radius 3 is 2.84 bits per heavy atom. The Hall–Kier alpha value is -0.840. The standard InChI is InChI=1S/C14H20ClN3S/c1-3-11-9-12(18(4-2)17-11)10-16-8-7-13-5-6-14(15)19-13/h5-6,9,16H,3-4,7-8,10H2,1-2H3. The number of rotatable bonds is 7. The number of halogens is 1. The van der Waals surface area contributed by atoms with Crippen molar-refractivity contribution in [1.82, 2.24) is 15.1 Å². The Kier molecular flexibility index (Phi) is 5.43. The molecule has 2 aromatic heterocycles. The minimum atomic E-state index is 0.867. The van der Waals surface area contributed by atoms with Crippen molar-refractivity contribution >= 4 is 22.9 Å². The highest BCUT2D eigenvalue weighted by molar-refractivity contribution is 7.16. The number of thiophene rings is 1. The maximum absolute atomic E-state index is 5.91. The Labute approximate surface area is 123 Å². The van der Waals surface area contributed by atoms with E-state index in [0.29, 0.717) is 0 Å². The van der Waals surface area contributed by atoms with Gasteiger partial charge in [0, 0.05) is 24.5 Å². The molecule has 0 aromatic carbocycles. The maximum atomic E-state index is 5.91. The van der Waals surface area contributed by atoms with Gasteiger partial charge >= 0.3 is 0 Å². The summed E-state index contributed by atoms with van der Waals surface area (Å²) in [7, 11) is 0. The fourth-order valence-corrected chi connectivity index (χ4v) is 3.11. The van der Waals surface area contributed by atoms with Crippen molar-refractivity contribution in [3.8, 4) is 0 Å². The number of nitrogens with zero attached hydrogens (tertiary/aromatic N) is 2. The van der Waals surface area contributed by atoms with Crippen molar-refractivity contribution in [1.29, 1.82) is 0 Å². The lowest BCUT2D eigenvalue weighted by Gasteiger charge is -2.05. The van der Waals surface area contributed by atoms with Gasteiger partial charge in [0.2, 0.25) is 0 Å². The van der Waals surface area contributed by atoms with Crippen molar-refractivity contribution in [3.63, 3.8) is 0 Å². The molecule has 0 radical (unpaired) electrons. The monoisotopic (exact) mass is 297 g/mol. The molecule has 0 aliphatic carbocycles. The molecular formula is C14H20ClN3S. The summed E-state index contributed by atoms with van der Waals surface area (Å²) in [5.41, 5.74) is 2.44. The lowest BCUT2D eigenvalue weighted by molar-refractivity contribution is 0.579. The van der Waals surface area contributed by atoms with E-state index >= 15 is 0 Å². The molecule has 0 aliphatic heterocycles. The Morgan fingerprint density at radius 1 is 1.37 bits per heavy atom. The highest BCUT2D eigenvalue weighted by Gasteiger charge is 2.05. The van der Waals surface area contributed by atoms with Crippen LogP contribution in [0.1, 0.15) is 30.1 Å². The highest BCUT2D eigenvalue weighted by Crippen LogP contribution is 2.21. The summed E-state index contributed by atoms with van der Waals surface area (Å²) in [5, 5.41) is 8.02. The van der Waals surface area contributed by atoms with Gasteiger partial charge in [-0.1, -0.05) is 18.5 Å². The molecule has 2 heterocycles. The molecular weight excluding hydrogens is 278 g/mol. The van der Waals surface area contributed by atoms with Gasteiger partial charge in [0.1, 0.15) is 0 Å². The smallest absolute Gasteiger partial charge is 0.0931 e. The number of aromatic nitrogens is 2. The number of aryl methyl sites for hydroxylation is 2. The van der Waals surface area contributed by atoms with Gasteiger partial charge in [-0.05, 0) is 38.0 Å². The fourth-order valence-electron chi connectivity index (χ4n) is 2.02. The molecule has 0 saturated heterocycles. The average molecular weight is 298 g/mol. The van der Waals surface area contributed by atoms with Gasteiger partial charge in [-0.25, -0.2) is 0 Å². The Balaban J connectivity index is 1.80. The second-order valence-corrected chi connectivity index (χ2v) is 6.23. The second kappa shape index (κ2) is 7.08. The van der Waals surface area contributed by atoms with Crippen LogP contribution in [0.15, 0.2) is 18.2 Å². The summed E-state index contributed by atoms with van der Waals surface area (Å²) < 4.78 is 2.94. The van der Waals surface area contributed by atoms with E-state index in [9.17, 15) is 0 Å². The van der Waals surface area contributed by atoms with Crippen LogP contribution >= 0.6 is 22.9 Å². The lowest BCUT2D eigenvalue weighted by Crippen LogP contribution is -2.18. The van der Waals surface area contributed by atoms with Gasteiger partial charge in [-0.3, -0.25) is 4.68 Å². The Bertz CT molecular complexity index is 518. The highest BCUT2D eigenvalue weighted by atomic mass is 35.5. The van der Waals surface area contributed by atoms with E-state index < -0.39 is 0 Å². The molecule has 0 saturated carbocycles. The average Bonchev–Trinajstić information content (AvgIpc) is 3.00. The van der Waals surface area contributed by atoms with Crippen molar-refractivity contribution in [2.24, 2.45) is 0 Å². The van der Waals surface area contributed by atoms with E-state index in [1.807, 2.05) is 6.07 Å². The van der Waals surface area contributed by atoms with Crippen LogP contribution in [0.3, 0.4) is 0 Å². The SMILES string of the molecule is CCc1cc(CNCCc2ccc(Cl)s2)n(CC)n1. The quantitative estimate of drug-likeness (QED) is 0.793. The second-order valence-electron chi connectivity index (χ2n) is 4.43. The number of hydrogen-bond donors (Lipinski definition) is 1. The summed E-state index contributed by atoms with van der Waals surface area (Å²) >= 11 is 7.57. The molecule has 1 N–H and O–H groups in total. The zero-order chi connectivity index (χ0) is 13.7. The first-order valence-electron chi connectivity index (χ1n) is 6.73. The van der Waals surface area contributed by atoms with Crippen LogP contribution in [0.4, 0.5) is 0 Å². The summed E-state index contributed by atoms with van der Waals surface area (Å²) in [6.07, 6.45) is 2.02. The molecule has 0 atom stereocenters. The summed E-state index contributed by atoms with van der Waals surface area (Å²) in [4.78, 5) is 1.33. The summed E-state index contributed by atoms with van der Waals surface area (Å²) in [5.74, 6) is 0. The first-order valence-corrected chi connectivity index (χ1v) is 7.93. The molecule has 2 aromatic rings. The van der Waals surface area contributed by atoms with Gasteiger partial charge in [0.25, 0.3) is 0 Å². The number of hydrogen-bond acceptors (Lipinski definition) is 3. The maximum Gasteiger partial charge on any atom is 0.0931 e. The molecule has 0 amide bonds. The van der Waals surface area contributed by atoms with Crippen LogP contribution in [-0.2, 0) is 25.9 Å².